The molecule has 1 aliphatic heterocycles. The number of halogens is 1. The SMILES string of the molecule is CN1Cc2ccccc2C[C@@H]1CNC(=O)c1cncc(F)c1. The molecule has 1 aromatic heterocycles. The normalized spacial score (nSPS) is 17.8. The number of likely N-dealkylation sites (N-methyl/N-ethyl adjacent to an activating group) is 1. The fraction of sp³-hybridized carbons (Fsp3) is 0.294. The van der Waals surface area contributed by atoms with Crippen LogP contribution in [0.4, 0.5) is 4.39 Å². The van der Waals surface area contributed by atoms with Gasteiger partial charge in [-0.05, 0) is 30.7 Å². The van der Waals surface area contributed by atoms with Gasteiger partial charge in [0.1, 0.15) is 5.82 Å². The lowest BCUT2D eigenvalue weighted by Gasteiger charge is -2.34. The van der Waals surface area contributed by atoms with Gasteiger partial charge in [0.15, 0.2) is 0 Å². The van der Waals surface area contributed by atoms with E-state index in [1.807, 2.05) is 12.1 Å². The van der Waals surface area contributed by atoms with Crippen LogP contribution in [0.2, 0.25) is 0 Å². The Morgan fingerprint density at radius 2 is 2.14 bits per heavy atom. The lowest BCUT2D eigenvalue weighted by molar-refractivity contribution is 0.0933. The molecular formula is C17H18FN3O. The molecular weight excluding hydrogens is 281 g/mol. The molecule has 5 heteroatoms. The van der Waals surface area contributed by atoms with Gasteiger partial charge < -0.3 is 5.32 Å². The fourth-order valence-electron chi connectivity index (χ4n) is 2.79. The van der Waals surface area contributed by atoms with Crippen molar-refractivity contribution in [1.29, 1.82) is 0 Å². The molecule has 1 aliphatic rings. The van der Waals surface area contributed by atoms with E-state index in [1.165, 1.54) is 23.4 Å². The molecule has 1 aromatic carbocycles. The molecule has 4 nitrogen and oxygen atoms in total. The Hall–Kier alpha value is -2.27. The minimum absolute atomic E-state index is 0.236. The molecule has 0 saturated carbocycles. The summed E-state index contributed by atoms with van der Waals surface area (Å²) in [6.45, 7) is 1.40. The van der Waals surface area contributed by atoms with Crippen molar-refractivity contribution in [2.75, 3.05) is 13.6 Å². The first-order valence-corrected chi connectivity index (χ1v) is 7.29. The lowest BCUT2D eigenvalue weighted by Crippen LogP contribution is -2.45. The Balaban J connectivity index is 1.63. The molecule has 0 radical (unpaired) electrons. The number of amides is 1. The molecule has 1 atom stereocenters. The highest BCUT2D eigenvalue weighted by Gasteiger charge is 2.23. The Bertz CT molecular complexity index is 689. The van der Waals surface area contributed by atoms with Crippen LogP contribution >= 0.6 is 0 Å². The van der Waals surface area contributed by atoms with Gasteiger partial charge in [0.05, 0.1) is 11.8 Å². The maximum absolute atomic E-state index is 13.1. The zero-order valence-electron chi connectivity index (χ0n) is 12.4. The number of carbonyl (C=O) groups excluding carboxylic acids is 1. The first kappa shape index (κ1) is 14.7. The Morgan fingerprint density at radius 1 is 1.36 bits per heavy atom. The third-order valence-corrected chi connectivity index (χ3v) is 4.08. The molecule has 2 heterocycles. The number of fused-ring (bicyclic) bond motifs is 1. The summed E-state index contributed by atoms with van der Waals surface area (Å²) in [5, 5.41) is 2.87. The third-order valence-electron chi connectivity index (χ3n) is 4.08. The number of hydrogen-bond acceptors (Lipinski definition) is 3. The minimum atomic E-state index is -0.503. The van der Waals surface area contributed by atoms with E-state index in [2.05, 4.69) is 34.4 Å². The van der Waals surface area contributed by atoms with Gasteiger partial charge >= 0.3 is 0 Å². The molecule has 0 unspecified atom stereocenters. The summed E-state index contributed by atoms with van der Waals surface area (Å²) in [6, 6.07) is 9.79. The van der Waals surface area contributed by atoms with Gasteiger partial charge in [-0.2, -0.15) is 0 Å². The molecule has 114 valence electrons. The summed E-state index contributed by atoms with van der Waals surface area (Å²) in [4.78, 5) is 18.0. The number of nitrogens with one attached hydrogen (secondary N) is 1. The van der Waals surface area contributed by atoms with E-state index in [1.54, 1.807) is 0 Å². The van der Waals surface area contributed by atoms with Crippen LogP contribution < -0.4 is 5.32 Å². The standard InChI is InChI=1S/C17H18FN3O/c1-21-11-13-5-3-2-4-12(13)7-16(21)10-20-17(22)14-6-15(18)9-19-8-14/h2-6,8-9,16H,7,10-11H2,1H3,(H,20,22)/t16-/m1/s1. The molecule has 1 N–H and O–H groups in total. The quantitative estimate of drug-likeness (QED) is 0.943. The largest absolute Gasteiger partial charge is 0.350 e. The van der Waals surface area contributed by atoms with Crippen LogP contribution in [0.25, 0.3) is 0 Å². The molecule has 0 saturated heterocycles. The maximum atomic E-state index is 13.1. The first-order valence-electron chi connectivity index (χ1n) is 7.29. The summed E-state index contributed by atoms with van der Waals surface area (Å²) in [7, 11) is 2.05. The van der Waals surface area contributed by atoms with Gasteiger partial charge in [0.25, 0.3) is 5.91 Å². The van der Waals surface area contributed by atoms with Crippen LogP contribution in [0, 0.1) is 5.82 Å². The van der Waals surface area contributed by atoms with Gasteiger partial charge in [-0.25, -0.2) is 4.39 Å². The summed E-state index contributed by atoms with van der Waals surface area (Å²) in [5.41, 5.74) is 2.91. The van der Waals surface area contributed by atoms with Gasteiger partial charge in [-0.15, -0.1) is 0 Å². The number of benzene rings is 1. The van der Waals surface area contributed by atoms with Crippen LogP contribution in [0.5, 0.6) is 0 Å². The van der Waals surface area contributed by atoms with Crippen molar-refractivity contribution in [3.63, 3.8) is 0 Å². The Morgan fingerprint density at radius 3 is 2.91 bits per heavy atom. The number of hydrogen-bond donors (Lipinski definition) is 1. The second-order valence-corrected chi connectivity index (χ2v) is 5.64. The van der Waals surface area contributed by atoms with Crippen molar-refractivity contribution in [3.8, 4) is 0 Å². The van der Waals surface area contributed by atoms with E-state index in [0.29, 0.717) is 6.54 Å². The van der Waals surface area contributed by atoms with Crippen molar-refractivity contribution in [3.05, 3.63) is 65.2 Å². The number of pyridine rings is 1. The zero-order valence-corrected chi connectivity index (χ0v) is 12.4. The van der Waals surface area contributed by atoms with Gasteiger partial charge in [-0.3, -0.25) is 14.7 Å². The van der Waals surface area contributed by atoms with Crippen LogP contribution in [0.15, 0.2) is 42.7 Å². The third kappa shape index (κ3) is 3.14. The molecule has 3 rings (SSSR count). The van der Waals surface area contributed by atoms with Crippen molar-refractivity contribution < 1.29 is 9.18 Å². The van der Waals surface area contributed by atoms with E-state index in [4.69, 9.17) is 0 Å². The van der Waals surface area contributed by atoms with E-state index >= 15 is 0 Å². The van der Waals surface area contributed by atoms with E-state index in [0.717, 1.165) is 19.2 Å². The number of nitrogens with zero attached hydrogens (tertiary/aromatic N) is 2. The van der Waals surface area contributed by atoms with Gasteiger partial charge in [-0.1, -0.05) is 24.3 Å². The molecule has 2 aromatic rings. The Labute approximate surface area is 129 Å². The summed E-state index contributed by atoms with van der Waals surface area (Å²) in [6.07, 6.45) is 3.36. The minimum Gasteiger partial charge on any atom is -0.350 e. The predicted octanol–water partition coefficient (Wildman–Crippen LogP) is 2.01. The zero-order chi connectivity index (χ0) is 15.5. The monoisotopic (exact) mass is 299 g/mol. The molecule has 0 bridgehead atoms. The molecule has 22 heavy (non-hydrogen) atoms. The van der Waals surface area contributed by atoms with Gasteiger partial charge in [0, 0.05) is 25.3 Å². The lowest BCUT2D eigenvalue weighted by atomic mass is 9.94. The highest BCUT2D eigenvalue weighted by Crippen LogP contribution is 2.21. The molecule has 0 spiro atoms. The average Bonchev–Trinajstić information content (AvgIpc) is 2.52. The van der Waals surface area contributed by atoms with Crippen molar-refractivity contribution in [2.24, 2.45) is 0 Å². The summed E-state index contributed by atoms with van der Waals surface area (Å²) in [5.74, 6) is -0.796. The maximum Gasteiger partial charge on any atom is 0.253 e. The average molecular weight is 299 g/mol. The second kappa shape index (κ2) is 6.23. The van der Waals surface area contributed by atoms with E-state index in [-0.39, 0.29) is 17.5 Å². The van der Waals surface area contributed by atoms with Crippen LogP contribution in [0.3, 0.4) is 0 Å². The summed E-state index contributed by atoms with van der Waals surface area (Å²) >= 11 is 0. The van der Waals surface area contributed by atoms with E-state index < -0.39 is 5.82 Å². The van der Waals surface area contributed by atoms with E-state index in [9.17, 15) is 9.18 Å². The van der Waals surface area contributed by atoms with Crippen LogP contribution in [0.1, 0.15) is 21.5 Å². The highest BCUT2D eigenvalue weighted by atomic mass is 19.1. The number of rotatable bonds is 3. The number of aromatic nitrogens is 1. The molecule has 1 amide bonds. The van der Waals surface area contributed by atoms with Crippen molar-refractivity contribution >= 4 is 5.91 Å². The van der Waals surface area contributed by atoms with Crippen LogP contribution in [-0.4, -0.2) is 35.4 Å². The molecule has 0 aliphatic carbocycles. The predicted molar refractivity (Wildman–Crippen MR) is 81.9 cm³/mol. The van der Waals surface area contributed by atoms with Crippen LogP contribution in [-0.2, 0) is 13.0 Å². The van der Waals surface area contributed by atoms with Crippen molar-refractivity contribution in [2.45, 2.75) is 19.0 Å². The number of carbonyl (C=O) groups is 1. The molecule has 0 fully saturated rings. The topological polar surface area (TPSA) is 45.2 Å². The second-order valence-electron chi connectivity index (χ2n) is 5.64. The smallest absolute Gasteiger partial charge is 0.253 e. The van der Waals surface area contributed by atoms with Crippen molar-refractivity contribution in [1.82, 2.24) is 15.2 Å². The highest BCUT2D eigenvalue weighted by molar-refractivity contribution is 5.93. The summed E-state index contributed by atoms with van der Waals surface area (Å²) < 4.78 is 13.1. The first-order chi connectivity index (χ1) is 10.6. The Kier molecular flexibility index (Phi) is 4.15. The van der Waals surface area contributed by atoms with Gasteiger partial charge in [0.2, 0.25) is 0 Å². The fourth-order valence-corrected chi connectivity index (χ4v) is 2.79.